The third-order valence-electron chi connectivity index (χ3n) is 5.77. The molecule has 7 heteroatoms. The van der Waals surface area contributed by atoms with Crippen LogP contribution in [-0.2, 0) is 9.53 Å². The molecule has 4 rings (SSSR count). The number of hydrogen-bond donors (Lipinski definition) is 0. The third kappa shape index (κ3) is 2.95. The van der Waals surface area contributed by atoms with Crippen molar-refractivity contribution in [3.8, 4) is 5.75 Å². The number of carbonyl (C=O) groups excluding carboxylic acids is 2. The fourth-order valence-electron chi connectivity index (χ4n) is 4.19. The van der Waals surface area contributed by atoms with E-state index >= 15 is 0 Å². The highest BCUT2D eigenvalue weighted by Gasteiger charge is 2.30. The number of benzene rings is 2. The van der Waals surface area contributed by atoms with Gasteiger partial charge in [0.2, 0.25) is 10.9 Å². The summed E-state index contributed by atoms with van der Waals surface area (Å²) < 4.78 is 12.5. The molecule has 0 bridgehead atoms. The van der Waals surface area contributed by atoms with Crippen LogP contribution in [-0.4, -0.2) is 29.5 Å². The Hall–Kier alpha value is -3.48. The first-order valence-electron chi connectivity index (χ1n) is 10.4. The monoisotopic (exact) mass is 421 g/mol. The average Bonchev–Trinajstić information content (AvgIpc) is 3.09. The predicted octanol–water partition coefficient (Wildman–Crippen LogP) is 3.66. The lowest BCUT2D eigenvalue weighted by Crippen LogP contribution is -2.34. The zero-order chi connectivity index (χ0) is 22.4. The minimum Gasteiger partial charge on any atom is -0.494 e. The highest BCUT2D eigenvalue weighted by Crippen LogP contribution is 2.39. The minimum atomic E-state index is -1.04. The van der Waals surface area contributed by atoms with Crippen molar-refractivity contribution < 1.29 is 19.1 Å². The average molecular weight is 421 g/mol. The van der Waals surface area contributed by atoms with Crippen LogP contribution in [0.5, 0.6) is 5.75 Å². The molecule has 1 unspecified atom stereocenters. The minimum absolute atomic E-state index is 0.00736. The van der Waals surface area contributed by atoms with Gasteiger partial charge in [-0.2, -0.15) is 0 Å². The van der Waals surface area contributed by atoms with Gasteiger partial charge < -0.3 is 14.0 Å². The Morgan fingerprint density at radius 1 is 0.968 bits per heavy atom. The number of hydrogen-bond acceptors (Lipinski definition) is 6. The molecular formula is C24H23NO6. The summed E-state index contributed by atoms with van der Waals surface area (Å²) in [5, 5.41) is 1.62. The molecule has 3 aromatic carbocycles. The number of aromatic nitrogens is 1. The van der Waals surface area contributed by atoms with Gasteiger partial charge in [-0.1, -0.05) is 6.92 Å². The standard InChI is InChI=1S/C24H23NO6/c1-5-12(4)25-17-9-8-13(30-6-2)10-14(17)15-11-16(21(26)24(29)31-7-3)18-19(20(15)25)23(28)22(18)27/h8-12H,5-7H2,1-4H3. The molecule has 0 spiro atoms. The molecule has 0 saturated carbocycles. The van der Waals surface area contributed by atoms with Gasteiger partial charge in [0.15, 0.2) is 0 Å². The zero-order valence-corrected chi connectivity index (χ0v) is 17.9. The molecule has 0 amide bonds. The summed E-state index contributed by atoms with van der Waals surface area (Å²) in [6.45, 7) is 8.07. The molecule has 0 radical (unpaired) electrons. The van der Waals surface area contributed by atoms with Gasteiger partial charge in [-0.25, -0.2) is 4.79 Å². The molecule has 1 atom stereocenters. The first-order valence-corrected chi connectivity index (χ1v) is 10.4. The third-order valence-corrected chi connectivity index (χ3v) is 5.77. The summed E-state index contributed by atoms with van der Waals surface area (Å²) in [5.74, 6) is -1.32. The zero-order valence-electron chi connectivity index (χ0n) is 17.9. The predicted molar refractivity (Wildman–Crippen MR) is 119 cm³/mol. The summed E-state index contributed by atoms with van der Waals surface area (Å²) in [6.07, 6.45) is 0.798. The van der Waals surface area contributed by atoms with E-state index in [4.69, 9.17) is 9.47 Å². The van der Waals surface area contributed by atoms with Gasteiger partial charge in [0.05, 0.1) is 29.5 Å². The highest BCUT2D eigenvalue weighted by atomic mass is 16.5. The maximum atomic E-state index is 12.8. The number of fused-ring (bicyclic) bond motifs is 5. The summed E-state index contributed by atoms with van der Waals surface area (Å²) >= 11 is 0. The van der Waals surface area contributed by atoms with Crippen molar-refractivity contribution in [3.05, 3.63) is 50.3 Å². The molecule has 0 saturated heterocycles. The lowest BCUT2D eigenvalue weighted by atomic mass is 9.93. The molecular weight excluding hydrogens is 398 g/mol. The smallest absolute Gasteiger partial charge is 0.379 e. The number of esters is 1. The Labute approximate surface area is 177 Å². The number of rotatable bonds is 7. The molecule has 31 heavy (non-hydrogen) atoms. The van der Waals surface area contributed by atoms with Crippen LogP contribution in [0.1, 0.15) is 50.5 Å². The summed E-state index contributed by atoms with van der Waals surface area (Å²) in [7, 11) is 0. The van der Waals surface area contributed by atoms with E-state index in [1.807, 2.05) is 43.5 Å². The Bertz CT molecular complexity index is 1430. The van der Waals surface area contributed by atoms with Crippen molar-refractivity contribution in [1.82, 2.24) is 4.57 Å². The Morgan fingerprint density at radius 3 is 2.32 bits per heavy atom. The van der Waals surface area contributed by atoms with Crippen LogP contribution in [0.15, 0.2) is 33.9 Å². The van der Waals surface area contributed by atoms with E-state index in [-0.39, 0.29) is 29.0 Å². The fraction of sp³-hybridized carbons (Fsp3) is 0.333. The van der Waals surface area contributed by atoms with E-state index in [0.29, 0.717) is 23.3 Å². The van der Waals surface area contributed by atoms with E-state index in [9.17, 15) is 19.2 Å². The molecule has 0 aliphatic carbocycles. The second-order valence-corrected chi connectivity index (χ2v) is 7.52. The van der Waals surface area contributed by atoms with Crippen LogP contribution >= 0.6 is 0 Å². The quantitative estimate of drug-likeness (QED) is 0.257. The maximum absolute atomic E-state index is 12.8. The molecule has 4 aromatic rings. The fourth-order valence-corrected chi connectivity index (χ4v) is 4.19. The van der Waals surface area contributed by atoms with Crippen LogP contribution < -0.4 is 15.6 Å². The van der Waals surface area contributed by atoms with Crippen molar-refractivity contribution in [1.29, 1.82) is 0 Å². The van der Waals surface area contributed by atoms with E-state index in [2.05, 4.69) is 0 Å². The summed E-state index contributed by atoms with van der Waals surface area (Å²) in [4.78, 5) is 50.0. The van der Waals surface area contributed by atoms with Gasteiger partial charge in [-0.15, -0.1) is 0 Å². The van der Waals surface area contributed by atoms with Gasteiger partial charge in [0.25, 0.3) is 5.78 Å². The van der Waals surface area contributed by atoms with E-state index in [1.165, 1.54) is 6.07 Å². The maximum Gasteiger partial charge on any atom is 0.379 e. The molecule has 0 aliphatic rings. The number of nitrogens with zero attached hydrogens (tertiary/aromatic N) is 1. The second kappa shape index (κ2) is 7.65. The van der Waals surface area contributed by atoms with Crippen LogP contribution in [0, 0.1) is 0 Å². The van der Waals surface area contributed by atoms with Crippen LogP contribution in [0.25, 0.3) is 32.6 Å². The Balaban J connectivity index is 2.17. The van der Waals surface area contributed by atoms with Crippen molar-refractivity contribution in [2.24, 2.45) is 0 Å². The highest BCUT2D eigenvalue weighted by molar-refractivity contribution is 6.44. The Kier molecular flexibility index (Phi) is 5.13. The van der Waals surface area contributed by atoms with Gasteiger partial charge in [-0.05, 0) is 51.5 Å². The first-order chi connectivity index (χ1) is 14.8. The molecule has 160 valence electrons. The number of carbonyl (C=O) groups is 2. The molecule has 7 nitrogen and oxygen atoms in total. The van der Waals surface area contributed by atoms with Gasteiger partial charge in [-0.3, -0.25) is 14.4 Å². The van der Waals surface area contributed by atoms with Gasteiger partial charge >= 0.3 is 5.97 Å². The van der Waals surface area contributed by atoms with E-state index < -0.39 is 22.6 Å². The van der Waals surface area contributed by atoms with Crippen molar-refractivity contribution in [2.75, 3.05) is 13.2 Å². The van der Waals surface area contributed by atoms with Crippen molar-refractivity contribution in [2.45, 2.75) is 40.2 Å². The van der Waals surface area contributed by atoms with Crippen LogP contribution in [0.3, 0.4) is 0 Å². The molecule has 0 aliphatic heterocycles. The lowest BCUT2D eigenvalue weighted by molar-refractivity contribution is -0.137. The number of ketones is 1. The van der Waals surface area contributed by atoms with Crippen molar-refractivity contribution in [3.63, 3.8) is 0 Å². The van der Waals surface area contributed by atoms with Gasteiger partial charge in [0, 0.05) is 27.9 Å². The molecule has 0 N–H and O–H groups in total. The van der Waals surface area contributed by atoms with E-state index in [0.717, 1.165) is 17.3 Å². The summed E-state index contributed by atoms with van der Waals surface area (Å²) in [6, 6.07) is 7.20. The lowest BCUT2D eigenvalue weighted by Gasteiger charge is -2.17. The second-order valence-electron chi connectivity index (χ2n) is 7.52. The van der Waals surface area contributed by atoms with Crippen molar-refractivity contribution >= 4 is 44.3 Å². The largest absolute Gasteiger partial charge is 0.494 e. The SMILES string of the molecule is CCOC(=O)C(=O)c1cc2c3cc(OCC)ccc3n(C(C)CC)c2c2c(=O)c(=O)c12. The number of ether oxygens (including phenoxy) is 2. The van der Waals surface area contributed by atoms with Crippen LogP contribution in [0.2, 0.25) is 0 Å². The summed E-state index contributed by atoms with van der Waals surface area (Å²) in [5.41, 5.74) is -0.00660. The molecule has 0 fully saturated rings. The van der Waals surface area contributed by atoms with Gasteiger partial charge in [0.1, 0.15) is 5.75 Å². The van der Waals surface area contributed by atoms with Crippen LogP contribution in [0.4, 0.5) is 0 Å². The topological polar surface area (TPSA) is 91.7 Å². The number of Topliss-reactive ketones (excluding diaryl/α,β-unsaturated/α-hetero) is 1. The molecule has 1 heterocycles. The normalized spacial score (nSPS) is 12.6. The Morgan fingerprint density at radius 2 is 1.68 bits per heavy atom. The molecule has 1 aromatic heterocycles. The first kappa shape index (κ1) is 20.8. The van der Waals surface area contributed by atoms with E-state index in [1.54, 1.807) is 6.92 Å².